The van der Waals surface area contributed by atoms with Crippen LogP contribution in [-0.4, -0.2) is 79.6 Å². The van der Waals surface area contributed by atoms with E-state index in [0.717, 1.165) is 63.8 Å². The van der Waals surface area contributed by atoms with Crippen LogP contribution in [-0.2, 0) is 16.0 Å². The van der Waals surface area contributed by atoms with Crippen molar-refractivity contribution in [2.24, 2.45) is 10.4 Å². The highest BCUT2D eigenvalue weighted by molar-refractivity contribution is 14.0. The third kappa shape index (κ3) is 6.04. The van der Waals surface area contributed by atoms with Crippen molar-refractivity contribution in [1.29, 1.82) is 0 Å². The molecule has 1 unspecified atom stereocenters. The van der Waals surface area contributed by atoms with E-state index in [2.05, 4.69) is 27.1 Å². The second-order valence-electron chi connectivity index (χ2n) is 7.53. The van der Waals surface area contributed by atoms with Gasteiger partial charge in [0.25, 0.3) is 0 Å². The lowest BCUT2D eigenvalue weighted by Gasteiger charge is -2.25. The zero-order chi connectivity index (χ0) is 19.1. The highest BCUT2D eigenvalue weighted by Crippen LogP contribution is 2.38. The number of aromatic nitrogens is 1. The van der Waals surface area contributed by atoms with Crippen molar-refractivity contribution >= 4 is 35.8 Å². The first-order valence-electron chi connectivity index (χ1n) is 9.87. The van der Waals surface area contributed by atoms with Gasteiger partial charge in [0, 0.05) is 63.6 Å². The molecule has 8 heteroatoms. The van der Waals surface area contributed by atoms with Gasteiger partial charge >= 0.3 is 0 Å². The zero-order valence-corrected chi connectivity index (χ0v) is 19.2. The molecule has 1 aromatic rings. The average Bonchev–Trinajstić information content (AvgIpc) is 3.33. The van der Waals surface area contributed by atoms with Crippen LogP contribution >= 0.6 is 24.0 Å². The molecular weight excluding hydrogens is 469 g/mol. The van der Waals surface area contributed by atoms with Crippen molar-refractivity contribution in [3.05, 3.63) is 30.1 Å². The Morgan fingerprint density at radius 2 is 2.29 bits per heavy atom. The Labute approximate surface area is 184 Å². The molecule has 28 heavy (non-hydrogen) atoms. The molecule has 1 spiro atoms. The maximum atomic E-state index is 12.5. The first-order valence-corrected chi connectivity index (χ1v) is 9.87. The van der Waals surface area contributed by atoms with Gasteiger partial charge in [-0.3, -0.25) is 9.78 Å². The summed E-state index contributed by atoms with van der Waals surface area (Å²) < 4.78 is 5.61. The molecule has 0 radical (unpaired) electrons. The number of guanidine groups is 1. The molecule has 2 aliphatic heterocycles. The van der Waals surface area contributed by atoms with E-state index in [0.29, 0.717) is 6.54 Å². The summed E-state index contributed by atoms with van der Waals surface area (Å²) in [4.78, 5) is 25.4. The smallest absolute Gasteiger partial charge is 0.244 e. The quantitative estimate of drug-likeness (QED) is 0.366. The number of carbonyl (C=O) groups is 1. The van der Waals surface area contributed by atoms with E-state index in [4.69, 9.17) is 4.74 Å². The van der Waals surface area contributed by atoms with Gasteiger partial charge in [-0.2, -0.15) is 0 Å². The van der Waals surface area contributed by atoms with Crippen LogP contribution in [0.5, 0.6) is 0 Å². The number of amides is 1. The lowest BCUT2D eigenvalue weighted by atomic mass is 9.87. The Kier molecular flexibility index (Phi) is 8.94. The predicted octanol–water partition coefficient (Wildman–Crippen LogP) is 1.78. The van der Waals surface area contributed by atoms with E-state index in [-0.39, 0.29) is 41.8 Å². The van der Waals surface area contributed by atoms with Crippen LogP contribution in [0.25, 0.3) is 0 Å². The van der Waals surface area contributed by atoms with Crippen molar-refractivity contribution in [3.8, 4) is 0 Å². The van der Waals surface area contributed by atoms with E-state index in [1.54, 1.807) is 11.1 Å². The predicted molar refractivity (Wildman–Crippen MR) is 121 cm³/mol. The molecule has 1 amide bonds. The van der Waals surface area contributed by atoms with Crippen LogP contribution in [0.2, 0.25) is 0 Å². The molecule has 1 aromatic heterocycles. The van der Waals surface area contributed by atoms with Gasteiger partial charge in [-0.1, -0.05) is 6.07 Å². The van der Waals surface area contributed by atoms with Crippen molar-refractivity contribution in [2.45, 2.75) is 26.2 Å². The highest BCUT2D eigenvalue weighted by atomic mass is 127. The second-order valence-corrected chi connectivity index (χ2v) is 7.53. The van der Waals surface area contributed by atoms with E-state index >= 15 is 0 Å². The van der Waals surface area contributed by atoms with Gasteiger partial charge < -0.3 is 19.9 Å². The number of carbonyl (C=O) groups excluding carboxylic acids is 1. The number of aliphatic imine (C=N–C) groups is 1. The second kappa shape index (κ2) is 10.9. The maximum Gasteiger partial charge on any atom is 0.244 e. The fourth-order valence-corrected chi connectivity index (χ4v) is 3.73. The Hall–Kier alpha value is -1.42. The summed E-state index contributed by atoms with van der Waals surface area (Å²) in [6.07, 6.45) is 4.79. The molecule has 0 bridgehead atoms. The minimum absolute atomic E-state index is 0. The number of nitrogens with zero attached hydrogens (tertiary/aromatic N) is 4. The molecule has 1 N–H and O–H groups in total. The number of pyridine rings is 1. The van der Waals surface area contributed by atoms with Crippen molar-refractivity contribution in [3.63, 3.8) is 0 Å². The summed E-state index contributed by atoms with van der Waals surface area (Å²) in [5.74, 6) is 0.868. The van der Waals surface area contributed by atoms with Crippen LogP contribution in [0.15, 0.2) is 29.4 Å². The third-order valence-electron chi connectivity index (χ3n) is 5.48. The number of likely N-dealkylation sites (N-methyl/N-ethyl adjacent to an activating group) is 1. The molecule has 2 aliphatic rings. The van der Waals surface area contributed by atoms with Crippen LogP contribution in [0, 0.1) is 5.41 Å². The largest absolute Gasteiger partial charge is 0.381 e. The van der Waals surface area contributed by atoms with E-state index < -0.39 is 0 Å². The lowest BCUT2D eigenvalue weighted by molar-refractivity contribution is -0.128. The van der Waals surface area contributed by atoms with Gasteiger partial charge in [0.05, 0.1) is 6.61 Å². The molecule has 3 rings (SSSR count). The van der Waals surface area contributed by atoms with Crippen LogP contribution in [0.3, 0.4) is 0 Å². The fraction of sp³-hybridized carbons (Fsp3) is 0.650. The summed E-state index contributed by atoms with van der Waals surface area (Å²) in [5.41, 5.74) is 1.27. The average molecular weight is 501 g/mol. The van der Waals surface area contributed by atoms with Gasteiger partial charge in [0.2, 0.25) is 5.91 Å². The summed E-state index contributed by atoms with van der Waals surface area (Å²) in [6.45, 7) is 7.30. The molecule has 2 fully saturated rings. The van der Waals surface area contributed by atoms with Crippen molar-refractivity contribution in [2.75, 3.05) is 53.0 Å². The van der Waals surface area contributed by atoms with Gasteiger partial charge in [-0.25, -0.2) is 4.99 Å². The van der Waals surface area contributed by atoms with E-state index in [1.807, 2.05) is 25.2 Å². The van der Waals surface area contributed by atoms with Crippen LogP contribution in [0.4, 0.5) is 0 Å². The number of rotatable bonds is 6. The Bertz CT molecular complexity index is 649. The Morgan fingerprint density at radius 3 is 2.96 bits per heavy atom. The Morgan fingerprint density at radius 1 is 1.43 bits per heavy atom. The Balaban J connectivity index is 0.00000280. The monoisotopic (exact) mass is 501 g/mol. The molecule has 0 aromatic carbocycles. The maximum absolute atomic E-state index is 12.5. The molecular formula is C20H32IN5O2. The normalized spacial score (nSPS) is 21.6. The first-order chi connectivity index (χ1) is 13.1. The van der Waals surface area contributed by atoms with Crippen molar-refractivity contribution < 1.29 is 9.53 Å². The van der Waals surface area contributed by atoms with E-state index in [1.165, 1.54) is 0 Å². The summed E-state index contributed by atoms with van der Waals surface area (Å²) in [6, 6.07) is 5.85. The van der Waals surface area contributed by atoms with Crippen LogP contribution < -0.4 is 5.32 Å². The molecule has 3 heterocycles. The standard InChI is InChI=1S/C20H31N5O2.HI/c1-3-21-19(25-12-8-20(15-25)9-13-27-16-20)23-14-18(26)24(2)11-7-17-6-4-5-10-22-17;/h4-6,10H,3,7-9,11-16H2,1-2H3,(H,21,23);1H. The molecule has 2 saturated heterocycles. The number of halogens is 1. The molecule has 7 nitrogen and oxygen atoms in total. The van der Waals surface area contributed by atoms with Gasteiger partial charge in [-0.15, -0.1) is 24.0 Å². The number of ether oxygens (including phenoxy) is 1. The lowest BCUT2D eigenvalue weighted by Crippen LogP contribution is -2.42. The first kappa shape index (κ1) is 22.9. The van der Waals surface area contributed by atoms with Gasteiger partial charge in [-0.05, 0) is 31.9 Å². The molecule has 0 saturated carbocycles. The molecule has 0 aliphatic carbocycles. The summed E-state index contributed by atoms with van der Waals surface area (Å²) in [5, 5.41) is 3.34. The third-order valence-corrected chi connectivity index (χ3v) is 5.48. The van der Waals surface area contributed by atoms with Gasteiger partial charge in [0.15, 0.2) is 5.96 Å². The minimum atomic E-state index is 0. The number of nitrogens with one attached hydrogen (secondary N) is 1. The molecule has 1 atom stereocenters. The topological polar surface area (TPSA) is 70.1 Å². The SMILES string of the molecule is CCNC(=NCC(=O)N(C)CCc1ccccn1)N1CCC2(CCOC2)C1.I. The fourth-order valence-electron chi connectivity index (χ4n) is 3.73. The highest BCUT2D eigenvalue weighted by Gasteiger charge is 2.42. The number of likely N-dealkylation sites (tertiary alicyclic amines) is 1. The number of hydrogen-bond acceptors (Lipinski definition) is 4. The zero-order valence-electron chi connectivity index (χ0n) is 16.9. The van der Waals surface area contributed by atoms with E-state index in [9.17, 15) is 4.79 Å². The van der Waals surface area contributed by atoms with Crippen LogP contribution in [0.1, 0.15) is 25.5 Å². The summed E-state index contributed by atoms with van der Waals surface area (Å²) >= 11 is 0. The molecule has 156 valence electrons. The number of hydrogen-bond donors (Lipinski definition) is 1. The van der Waals surface area contributed by atoms with Crippen molar-refractivity contribution in [1.82, 2.24) is 20.1 Å². The summed E-state index contributed by atoms with van der Waals surface area (Å²) in [7, 11) is 1.83. The minimum Gasteiger partial charge on any atom is -0.381 e. The van der Waals surface area contributed by atoms with Gasteiger partial charge in [0.1, 0.15) is 6.54 Å².